The van der Waals surface area contributed by atoms with Gasteiger partial charge in [0.1, 0.15) is 0 Å². The van der Waals surface area contributed by atoms with Gasteiger partial charge >= 0.3 is 0 Å². The number of thioether (sulfide) groups is 1. The third-order valence-corrected chi connectivity index (χ3v) is 6.52. The van der Waals surface area contributed by atoms with E-state index < -0.39 is 0 Å². The SMILES string of the molecule is CC1Sc2ccc(C(=O)N3CCN(Cc4cccc(Cl)c4)CC3)cc2NC1=O. The molecule has 2 aliphatic heterocycles. The van der Waals surface area contributed by atoms with Gasteiger partial charge in [0.05, 0.1) is 10.9 Å². The van der Waals surface area contributed by atoms with Crippen molar-refractivity contribution < 1.29 is 9.59 Å². The maximum Gasteiger partial charge on any atom is 0.254 e. The van der Waals surface area contributed by atoms with Gasteiger partial charge in [-0.15, -0.1) is 11.8 Å². The summed E-state index contributed by atoms with van der Waals surface area (Å²) in [5, 5.41) is 3.54. The number of nitrogens with one attached hydrogen (secondary N) is 1. The fourth-order valence-electron chi connectivity index (χ4n) is 3.53. The van der Waals surface area contributed by atoms with E-state index in [-0.39, 0.29) is 17.1 Å². The Morgan fingerprint density at radius 2 is 1.96 bits per heavy atom. The number of amides is 2. The summed E-state index contributed by atoms with van der Waals surface area (Å²) < 4.78 is 0. The number of benzene rings is 2. The molecule has 2 heterocycles. The Morgan fingerprint density at radius 1 is 1.18 bits per heavy atom. The first kappa shape index (κ1) is 19.3. The van der Waals surface area contributed by atoms with Crippen LogP contribution in [0.15, 0.2) is 47.4 Å². The second-order valence-electron chi connectivity index (χ2n) is 7.16. The number of halogens is 1. The Labute approximate surface area is 174 Å². The molecule has 0 saturated carbocycles. The molecule has 0 radical (unpaired) electrons. The number of hydrogen-bond acceptors (Lipinski definition) is 4. The normalized spacial score (nSPS) is 19.9. The number of hydrogen-bond donors (Lipinski definition) is 1. The monoisotopic (exact) mass is 415 g/mol. The number of carbonyl (C=O) groups is 2. The number of anilines is 1. The number of piperazine rings is 1. The van der Waals surface area contributed by atoms with Gasteiger partial charge in [0.15, 0.2) is 0 Å². The second-order valence-corrected chi connectivity index (χ2v) is 8.98. The molecule has 2 aliphatic rings. The third kappa shape index (κ3) is 4.19. The van der Waals surface area contributed by atoms with E-state index in [0.29, 0.717) is 18.7 Å². The quantitative estimate of drug-likeness (QED) is 0.829. The van der Waals surface area contributed by atoms with Crippen LogP contribution in [-0.4, -0.2) is 53.0 Å². The average Bonchev–Trinajstić information content (AvgIpc) is 2.69. The molecule has 1 saturated heterocycles. The lowest BCUT2D eigenvalue weighted by atomic mass is 10.1. The fourth-order valence-corrected chi connectivity index (χ4v) is 4.67. The van der Waals surface area contributed by atoms with E-state index in [2.05, 4.69) is 16.3 Å². The summed E-state index contributed by atoms with van der Waals surface area (Å²) >= 11 is 7.59. The van der Waals surface area contributed by atoms with Gasteiger partial charge < -0.3 is 10.2 Å². The minimum atomic E-state index is -0.110. The molecule has 2 aromatic carbocycles. The largest absolute Gasteiger partial charge is 0.336 e. The van der Waals surface area contributed by atoms with E-state index in [1.807, 2.05) is 42.2 Å². The number of fused-ring (bicyclic) bond motifs is 1. The van der Waals surface area contributed by atoms with Crippen molar-refractivity contribution in [3.05, 3.63) is 58.6 Å². The lowest BCUT2D eigenvalue weighted by Gasteiger charge is -2.35. The summed E-state index contributed by atoms with van der Waals surface area (Å²) in [6.07, 6.45) is 0. The highest BCUT2D eigenvalue weighted by molar-refractivity contribution is 8.00. The van der Waals surface area contributed by atoms with Crippen LogP contribution >= 0.6 is 23.4 Å². The van der Waals surface area contributed by atoms with Gasteiger partial charge in [0.2, 0.25) is 5.91 Å². The van der Waals surface area contributed by atoms with Crippen molar-refractivity contribution in [1.29, 1.82) is 0 Å². The lowest BCUT2D eigenvalue weighted by Crippen LogP contribution is -2.48. The Balaban J connectivity index is 1.38. The van der Waals surface area contributed by atoms with Gasteiger partial charge in [-0.05, 0) is 42.8 Å². The van der Waals surface area contributed by atoms with Crippen molar-refractivity contribution in [2.75, 3.05) is 31.5 Å². The summed E-state index contributed by atoms with van der Waals surface area (Å²) in [5.74, 6) is -0.000180. The summed E-state index contributed by atoms with van der Waals surface area (Å²) in [7, 11) is 0. The fraction of sp³-hybridized carbons (Fsp3) is 0.333. The van der Waals surface area contributed by atoms with Gasteiger partial charge in [0, 0.05) is 48.2 Å². The second kappa shape index (κ2) is 8.15. The van der Waals surface area contributed by atoms with E-state index in [0.717, 1.165) is 35.2 Å². The zero-order valence-electron chi connectivity index (χ0n) is 15.7. The molecular formula is C21H22ClN3O2S. The maximum atomic E-state index is 12.9. The van der Waals surface area contributed by atoms with Crippen molar-refractivity contribution in [3.8, 4) is 0 Å². The lowest BCUT2D eigenvalue weighted by molar-refractivity contribution is -0.115. The molecule has 1 atom stereocenters. The Bertz CT molecular complexity index is 912. The van der Waals surface area contributed by atoms with Crippen LogP contribution < -0.4 is 5.32 Å². The third-order valence-electron chi connectivity index (χ3n) is 5.11. The Morgan fingerprint density at radius 3 is 2.71 bits per heavy atom. The van der Waals surface area contributed by atoms with E-state index in [4.69, 9.17) is 11.6 Å². The van der Waals surface area contributed by atoms with Crippen LogP contribution in [0.4, 0.5) is 5.69 Å². The van der Waals surface area contributed by atoms with Crippen LogP contribution in [0.25, 0.3) is 0 Å². The molecule has 2 aromatic rings. The first-order valence-electron chi connectivity index (χ1n) is 9.37. The Kier molecular flexibility index (Phi) is 5.62. The van der Waals surface area contributed by atoms with Gasteiger partial charge in [0.25, 0.3) is 5.91 Å². The van der Waals surface area contributed by atoms with Crippen molar-refractivity contribution in [2.24, 2.45) is 0 Å². The topological polar surface area (TPSA) is 52.7 Å². The van der Waals surface area contributed by atoms with Crippen LogP contribution in [0, 0.1) is 0 Å². The molecule has 0 aromatic heterocycles. The average molecular weight is 416 g/mol. The van der Waals surface area contributed by atoms with Crippen LogP contribution in [0.5, 0.6) is 0 Å². The summed E-state index contributed by atoms with van der Waals surface area (Å²) in [6.45, 7) is 5.75. The van der Waals surface area contributed by atoms with E-state index in [9.17, 15) is 9.59 Å². The molecule has 1 N–H and O–H groups in total. The molecular weight excluding hydrogens is 394 g/mol. The molecule has 28 heavy (non-hydrogen) atoms. The van der Waals surface area contributed by atoms with Crippen LogP contribution in [0.1, 0.15) is 22.8 Å². The zero-order chi connectivity index (χ0) is 19.7. The maximum absolute atomic E-state index is 12.9. The molecule has 0 bridgehead atoms. The van der Waals surface area contributed by atoms with Crippen LogP contribution in [-0.2, 0) is 11.3 Å². The molecule has 1 fully saturated rings. The molecule has 0 spiro atoms. The van der Waals surface area contributed by atoms with E-state index in [1.165, 1.54) is 17.3 Å². The van der Waals surface area contributed by atoms with E-state index >= 15 is 0 Å². The van der Waals surface area contributed by atoms with Crippen LogP contribution in [0.3, 0.4) is 0 Å². The number of rotatable bonds is 3. The molecule has 0 aliphatic carbocycles. The number of nitrogens with zero attached hydrogens (tertiary/aromatic N) is 2. The highest BCUT2D eigenvalue weighted by Gasteiger charge is 2.26. The molecule has 2 amide bonds. The van der Waals surface area contributed by atoms with Crippen molar-refractivity contribution in [1.82, 2.24) is 9.80 Å². The predicted octanol–water partition coefficient (Wildman–Crippen LogP) is 3.73. The summed E-state index contributed by atoms with van der Waals surface area (Å²) in [6, 6.07) is 13.5. The summed E-state index contributed by atoms with van der Waals surface area (Å²) in [4.78, 5) is 30.0. The van der Waals surface area contributed by atoms with E-state index in [1.54, 1.807) is 6.07 Å². The summed E-state index contributed by atoms with van der Waals surface area (Å²) in [5.41, 5.74) is 2.54. The van der Waals surface area contributed by atoms with Gasteiger partial charge in [-0.2, -0.15) is 0 Å². The minimum Gasteiger partial charge on any atom is -0.336 e. The molecule has 146 valence electrons. The van der Waals surface area contributed by atoms with Crippen molar-refractivity contribution in [3.63, 3.8) is 0 Å². The van der Waals surface area contributed by atoms with Gasteiger partial charge in [-0.1, -0.05) is 23.7 Å². The first-order chi connectivity index (χ1) is 13.5. The smallest absolute Gasteiger partial charge is 0.254 e. The highest BCUT2D eigenvalue weighted by atomic mass is 35.5. The molecule has 4 rings (SSSR count). The zero-order valence-corrected chi connectivity index (χ0v) is 17.2. The first-order valence-corrected chi connectivity index (χ1v) is 10.6. The molecule has 5 nitrogen and oxygen atoms in total. The number of carbonyl (C=O) groups excluding carboxylic acids is 2. The predicted molar refractivity (Wildman–Crippen MR) is 113 cm³/mol. The minimum absolute atomic E-state index is 0.0167. The van der Waals surface area contributed by atoms with Crippen molar-refractivity contribution >= 4 is 40.9 Å². The molecule has 1 unspecified atom stereocenters. The van der Waals surface area contributed by atoms with Gasteiger partial charge in [-0.25, -0.2) is 0 Å². The van der Waals surface area contributed by atoms with Crippen LogP contribution in [0.2, 0.25) is 5.02 Å². The molecule has 7 heteroatoms. The Hall–Kier alpha value is -2.02. The highest BCUT2D eigenvalue weighted by Crippen LogP contribution is 2.36. The van der Waals surface area contributed by atoms with Crippen molar-refractivity contribution in [2.45, 2.75) is 23.6 Å². The van der Waals surface area contributed by atoms with Gasteiger partial charge in [-0.3, -0.25) is 14.5 Å². The standard InChI is InChI=1S/C21H22ClN3O2S/c1-14-20(26)23-18-12-16(5-6-19(18)28-14)21(27)25-9-7-24(8-10-25)13-15-3-2-4-17(22)11-15/h2-6,11-12,14H,7-10,13H2,1H3,(H,23,26).